The number of carboxylic acid groups (broad SMARTS) is 1. The van der Waals surface area contributed by atoms with Gasteiger partial charge in [-0.25, -0.2) is 8.78 Å². The number of hydrogen-bond acceptors (Lipinski definition) is 3. The first-order chi connectivity index (χ1) is 12.5. The molecule has 3 rings (SSSR count). The zero-order chi connectivity index (χ0) is 18.5. The van der Waals surface area contributed by atoms with E-state index < -0.39 is 23.4 Å². The fourth-order valence-corrected chi connectivity index (χ4v) is 2.65. The van der Waals surface area contributed by atoms with E-state index in [9.17, 15) is 13.6 Å². The van der Waals surface area contributed by atoms with E-state index in [1.54, 1.807) is 6.07 Å². The molecule has 1 saturated carbocycles. The van der Waals surface area contributed by atoms with Crippen LogP contribution in [-0.4, -0.2) is 24.2 Å². The van der Waals surface area contributed by atoms with Crippen LogP contribution in [0.4, 0.5) is 14.5 Å². The Labute approximate surface area is 150 Å². The van der Waals surface area contributed by atoms with Crippen LogP contribution in [0.3, 0.4) is 0 Å². The van der Waals surface area contributed by atoms with Crippen LogP contribution < -0.4 is 10.1 Å². The van der Waals surface area contributed by atoms with Crippen LogP contribution in [-0.2, 0) is 4.79 Å². The summed E-state index contributed by atoms with van der Waals surface area (Å²) in [5.74, 6) is -2.31. The SMILES string of the molecule is O=C(O)CCCOc1c(F)cc(-c2cccc(NCC3CC3)c2)cc1F. The van der Waals surface area contributed by atoms with Crippen molar-refractivity contribution in [3.63, 3.8) is 0 Å². The predicted octanol–water partition coefficient (Wildman–Crippen LogP) is 4.70. The normalized spacial score (nSPS) is 13.5. The summed E-state index contributed by atoms with van der Waals surface area (Å²) in [7, 11) is 0. The van der Waals surface area contributed by atoms with E-state index in [0.29, 0.717) is 11.1 Å². The molecule has 0 spiro atoms. The lowest BCUT2D eigenvalue weighted by Crippen LogP contribution is -2.05. The molecule has 4 nitrogen and oxygen atoms in total. The Morgan fingerprint density at radius 2 is 1.88 bits per heavy atom. The standard InChI is InChI=1S/C20H21F2NO3/c21-17-10-15(11-18(22)20(17)26-8-2-5-19(24)25)14-3-1-4-16(9-14)23-12-13-6-7-13/h1,3-4,9-11,13,23H,2,5-8,12H2,(H,24,25). The molecule has 0 atom stereocenters. The summed E-state index contributed by atoms with van der Waals surface area (Å²) in [4.78, 5) is 10.5. The quantitative estimate of drug-likeness (QED) is 0.636. The summed E-state index contributed by atoms with van der Waals surface area (Å²) >= 11 is 0. The van der Waals surface area contributed by atoms with Gasteiger partial charge in [0.25, 0.3) is 0 Å². The smallest absolute Gasteiger partial charge is 0.303 e. The van der Waals surface area contributed by atoms with E-state index >= 15 is 0 Å². The third kappa shape index (κ3) is 4.94. The van der Waals surface area contributed by atoms with E-state index in [1.807, 2.05) is 18.2 Å². The monoisotopic (exact) mass is 361 g/mol. The lowest BCUT2D eigenvalue weighted by Gasteiger charge is -2.11. The molecular weight excluding hydrogens is 340 g/mol. The minimum atomic E-state index is -0.972. The van der Waals surface area contributed by atoms with Crippen LogP contribution in [0.15, 0.2) is 36.4 Å². The predicted molar refractivity (Wildman–Crippen MR) is 95.4 cm³/mol. The van der Waals surface area contributed by atoms with Crippen LogP contribution >= 0.6 is 0 Å². The Hall–Kier alpha value is -2.63. The zero-order valence-corrected chi connectivity index (χ0v) is 14.3. The Morgan fingerprint density at radius 3 is 2.54 bits per heavy atom. The molecule has 0 unspecified atom stereocenters. The number of carboxylic acids is 1. The molecule has 6 heteroatoms. The van der Waals surface area contributed by atoms with Gasteiger partial charge in [-0.2, -0.15) is 0 Å². The molecule has 0 amide bonds. The summed E-state index contributed by atoms with van der Waals surface area (Å²) in [5.41, 5.74) is 2.05. The van der Waals surface area contributed by atoms with Crippen molar-refractivity contribution in [2.75, 3.05) is 18.5 Å². The van der Waals surface area contributed by atoms with E-state index in [2.05, 4.69) is 5.32 Å². The Kier molecular flexibility index (Phi) is 5.71. The van der Waals surface area contributed by atoms with Crippen molar-refractivity contribution in [3.05, 3.63) is 48.0 Å². The van der Waals surface area contributed by atoms with Crippen molar-refractivity contribution < 1.29 is 23.4 Å². The summed E-state index contributed by atoms with van der Waals surface area (Å²) in [6.45, 7) is 0.857. The highest BCUT2D eigenvalue weighted by molar-refractivity contribution is 5.69. The van der Waals surface area contributed by atoms with E-state index in [1.165, 1.54) is 25.0 Å². The molecule has 0 radical (unpaired) electrons. The molecule has 26 heavy (non-hydrogen) atoms. The van der Waals surface area contributed by atoms with Gasteiger partial charge in [-0.1, -0.05) is 12.1 Å². The second kappa shape index (κ2) is 8.17. The van der Waals surface area contributed by atoms with Gasteiger partial charge >= 0.3 is 5.97 Å². The maximum Gasteiger partial charge on any atom is 0.303 e. The first kappa shape index (κ1) is 18.2. The van der Waals surface area contributed by atoms with Gasteiger partial charge in [0, 0.05) is 18.7 Å². The molecule has 2 aromatic carbocycles. The topological polar surface area (TPSA) is 58.6 Å². The summed E-state index contributed by atoms with van der Waals surface area (Å²) in [5, 5.41) is 11.9. The molecule has 1 fully saturated rings. The average Bonchev–Trinajstić information content (AvgIpc) is 3.43. The number of halogens is 2. The molecule has 0 heterocycles. The van der Waals surface area contributed by atoms with Crippen LogP contribution in [0.25, 0.3) is 11.1 Å². The largest absolute Gasteiger partial charge is 0.488 e. The molecular formula is C20H21F2NO3. The number of ether oxygens (including phenoxy) is 1. The minimum Gasteiger partial charge on any atom is -0.488 e. The highest BCUT2D eigenvalue weighted by atomic mass is 19.1. The van der Waals surface area contributed by atoms with Crippen molar-refractivity contribution in [2.45, 2.75) is 25.7 Å². The van der Waals surface area contributed by atoms with Crippen LogP contribution in [0.5, 0.6) is 5.75 Å². The minimum absolute atomic E-state index is 0.0555. The maximum atomic E-state index is 14.2. The molecule has 1 aliphatic carbocycles. The first-order valence-corrected chi connectivity index (χ1v) is 8.71. The van der Waals surface area contributed by atoms with Gasteiger partial charge in [0.2, 0.25) is 0 Å². The summed E-state index contributed by atoms with van der Waals surface area (Å²) < 4.78 is 33.6. The number of benzene rings is 2. The van der Waals surface area contributed by atoms with Gasteiger partial charge in [0.05, 0.1) is 6.61 Å². The molecule has 1 aliphatic rings. The molecule has 0 aliphatic heterocycles. The third-order valence-corrected chi connectivity index (χ3v) is 4.27. The van der Waals surface area contributed by atoms with Gasteiger partial charge in [-0.05, 0) is 60.6 Å². The number of anilines is 1. The Balaban J connectivity index is 1.70. The fourth-order valence-electron chi connectivity index (χ4n) is 2.65. The van der Waals surface area contributed by atoms with E-state index in [0.717, 1.165) is 18.2 Å². The van der Waals surface area contributed by atoms with Crippen molar-refractivity contribution in [3.8, 4) is 16.9 Å². The summed E-state index contributed by atoms with van der Waals surface area (Å²) in [6.07, 6.45) is 2.57. The lowest BCUT2D eigenvalue weighted by molar-refractivity contribution is -0.137. The van der Waals surface area contributed by atoms with Crippen molar-refractivity contribution in [1.29, 1.82) is 0 Å². The molecule has 2 N–H and O–H groups in total. The van der Waals surface area contributed by atoms with E-state index in [-0.39, 0.29) is 19.4 Å². The number of rotatable bonds is 9. The number of nitrogens with one attached hydrogen (secondary N) is 1. The third-order valence-electron chi connectivity index (χ3n) is 4.27. The average molecular weight is 361 g/mol. The second-order valence-electron chi connectivity index (χ2n) is 6.52. The fraction of sp³-hybridized carbons (Fsp3) is 0.350. The van der Waals surface area contributed by atoms with Crippen molar-refractivity contribution in [2.24, 2.45) is 5.92 Å². The number of aliphatic carboxylic acids is 1. The summed E-state index contributed by atoms with van der Waals surface area (Å²) in [6, 6.07) is 9.90. The highest BCUT2D eigenvalue weighted by Crippen LogP contribution is 2.32. The Bertz CT molecular complexity index is 767. The van der Waals surface area contributed by atoms with Gasteiger partial charge in [0.15, 0.2) is 17.4 Å². The molecule has 2 aromatic rings. The molecule has 138 valence electrons. The van der Waals surface area contributed by atoms with Crippen LogP contribution in [0.1, 0.15) is 25.7 Å². The molecule has 0 bridgehead atoms. The van der Waals surface area contributed by atoms with Gasteiger partial charge in [-0.15, -0.1) is 0 Å². The van der Waals surface area contributed by atoms with Gasteiger partial charge in [-0.3, -0.25) is 4.79 Å². The van der Waals surface area contributed by atoms with Crippen LogP contribution in [0, 0.1) is 17.6 Å². The zero-order valence-electron chi connectivity index (χ0n) is 14.3. The lowest BCUT2D eigenvalue weighted by atomic mass is 10.0. The maximum absolute atomic E-state index is 14.2. The van der Waals surface area contributed by atoms with E-state index in [4.69, 9.17) is 9.84 Å². The van der Waals surface area contributed by atoms with Crippen LogP contribution in [0.2, 0.25) is 0 Å². The van der Waals surface area contributed by atoms with Gasteiger partial charge in [0.1, 0.15) is 0 Å². The molecule has 0 aromatic heterocycles. The second-order valence-corrected chi connectivity index (χ2v) is 6.52. The highest BCUT2D eigenvalue weighted by Gasteiger charge is 2.20. The first-order valence-electron chi connectivity index (χ1n) is 8.71. The molecule has 0 saturated heterocycles. The van der Waals surface area contributed by atoms with Crippen molar-refractivity contribution in [1.82, 2.24) is 0 Å². The number of carbonyl (C=O) groups is 1. The number of hydrogen-bond donors (Lipinski definition) is 2. The Morgan fingerprint density at radius 1 is 1.15 bits per heavy atom. The van der Waals surface area contributed by atoms with Gasteiger partial charge < -0.3 is 15.2 Å². The van der Waals surface area contributed by atoms with Crippen molar-refractivity contribution >= 4 is 11.7 Å².